The molecule has 11 heteroatoms. The second-order valence-corrected chi connectivity index (χ2v) is 7.46. The standard InChI is InChI=1S/C17H24ClN5O5/c1-10(24)16(26)22-5-2-11(3-6-22)20-17(27)28-12-4-7-23(9-12)13-8-19-21-15(25)14(13)18/h8,10-12,24H,2-7,9H2,1H3,(H,20,27)(H,21,25)/t10-,12+/m0/s1. The third kappa shape index (κ3) is 4.74. The number of likely N-dealkylation sites (tertiary alicyclic amines) is 1. The fourth-order valence-corrected chi connectivity index (χ4v) is 3.71. The molecule has 2 aliphatic heterocycles. The number of piperidine rings is 1. The van der Waals surface area contributed by atoms with Crippen molar-refractivity contribution in [3.63, 3.8) is 0 Å². The highest BCUT2D eigenvalue weighted by molar-refractivity contribution is 6.33. The first-order chi connectivity index (χ1) is 13.3. The average molecular weight is 414 g/mol. The van der Waals surface area contributed by atoms with Gasteiger partial charge in [-0.15, -0.1) is 0 Å². The molecule has 0 radical (unpaired) electrons. The lowest BCUT2D eigenvalue weighted by atomic mass is 10.0. The summed E-state index contributed by atoms with van der Waals surface area (Å²) in [5.74, 6) is -0.292. The Hall–Kier alpha value is -2.33. The molecule has 2 amide bonds. The number of carbonyl (C=O) groups excluding carboxylic acids is 2. The lowest BCUT2D eigenvalue weighted by Crippen LogP contribution is -2.49. The van der Waals surface area contributed by atoms with Gasteiger partial charge in [-0.2, -0.15) is 5.10 Å². The van der Waals surface area contributed by atoms with E-state index in [1.54, 1.807) is 4.90 Å². The zero-order valence-corrected chi connectivity index (χ0v) is 16.3. The molecule has 0 bridgehead atoms. The van der Waals surface area contributed by atoms with Crippen LogP contribution >= 0.6 is 11.6 Å². The quantitative estimate of drug-likeness (QED) is 0.638. The smallest absolute Gasteiger partial charge is 0.407 e. The van der Waals surface area contributed by atoms with Gasteiger partial charge in [-0.25, -0.2) is 9.89 Å². The second-order valence-electron chi connectivity index (χ2n) is 7.08. The number of hydrogen-bond acceptors (Lipinski definition) is 7. The first kappa shape index (κ1) is 20.4. The number of aliphatic hydroxyl groups excluding tert-OH is 1. The van der Waals surface area contributed by atoms with Gasteiger partial charge in [0.05, 0.1) is 18.4 Å². The molecule has 2 atom stereocenters. The lowest BCUT2D eigenvalue weighted by molar-refractivity contribution is -0.140. The van der Waals surface area contributed by atoms with E-state index in [0.717, 1.165) is 0 Å². The number of anilines is 1. The number of halogens is 1. The van der Waals surface area contributed by atoms with Gasteiger partial charge in [0.25, 0.3) is 11.5 Å². The van der Waals surface area contributed by atoms with Crippen LogP contribution in [0.1, 0.15) is 26.2 Å². The van der Waals surface area contributed by atoms with Crippen molar-refractivity contribution in [1.82, 2.24) is 20.4 Å². The minimum Gasteiger partial charge on any atom is -0.444 e. The molecular formula is C17H24ClN5O5. The molecule has 2 fully saturated rings. The number of aromatic nitrogens is 2. The number of ether oxygens (including phenoxy) is 1. The number of amides is 2. The minimum absolute atomic E-state index is 0.0682. The van der Waals surface area contributed by atoms with E-state index in [1.165, 1.54) is 13.1 Å². The van der Waals surface area contributed by atoms with Crippen LogP contribution in [0.25, 0.3) is 0 Å². The van der Waals surface area contributed by atoms with E-state index in [-0.39, 0.29) is 23.1 Å². The van der Waals surface area contributed by atoms with Crippen molar-refractivity contribution in [1.29, 1.82) is 0 Å². The van der Waals surface area contributed by atoms with Crippen LogP contribution in [-0.2, 0) is 9.53 Å². The highest BCUT2D eigenvalue weighted by Gasteiger charge is 2.30. The molecule has 1 aromatic heterocycles. The van der Waals surface area contributed by atoms with Crippen molar-refractivity contribution in [2.24, 2.45) is 0 Å². The maximum atomic E-state index is 12.2. The fraction of sp³-hybridized carbons (Fsp3) is 0.647. The van der Waals surface area contributed by atoms with Crippen LogP contribution in [0.3, 0.4) is 0 Å². The van der Waals surface area contributed by atoms with E-state index < -0.39 is 17.8 Å². The molecule has 0 aromatic carbocycles. The Morgan fingerprint density at radius 1 is 1.36 bits per heavy atom. The third-order valence-corrected chi connectivity index (χ3v) is 5.39. The normalized spacial score (nSPS) is 21.5. The van der Waals surface area contributed by atoms with E-state index in [0.29, 0.717) is 51.1 Å². The van der Waals surface area contributed by atoms with Crippen LogP contribution in [0.15, 0.2) is 11.0 Å². The Bertz CT molecular complexity index is 777. The zero-order valence-electron chi connectivity index (χ0n) is 15.6. The topological polar surface area (TPSA) is 128 Å². The molecule has 2 saturated heterocycles. The lowest BCUT2D eigenvalue weighted by Gasteiger charge is -2.33. The minimum atomic E-state index is -1.01. The van der Waals surface area contributed by atoms with E-state index in [9.17, 15) is 19.5 Å². The van der Waals surface area contributed by atoms with Crippen molar-refractivity contribution < 1.29 is 19.4 Å². The summed E-state index contributed by atoms with van der Waals surface area (Å²) < 4.78 is 5.49. The number of hydrogen-bond donors (Lipinski definition) is 3. The summed E-state index contributed by atoms with van der Waals surface area (Å²) in [6, 6.07) is -0.0746. The van der Waals surface area contributed by atoms with Gasteiger partial charge >= 0.3 is 6.09 Å². The first-order valence-corrected chi connectivity index (χ1v) is 9.65. The molecular weight excluding hydrogens is 390 g/mol. The number of nitrogens with zero attached hydrogens (tertiary/aromatic N) is 3. The van der Waals surface area contributed by atoms with Crippen LogP contribution < -0.4 is 15.8 Å². The number of aliphatic hydroxyl groups is 1. The van der Waals surface area contributed by atoms with Crippen LogP contribution in [0.2, 0.25) is 5.02 Å². The summed E-state index contributed by atoms with van der Waals surface area (Å²) in [7, 11) is 0. The van der Waals surface area contributed by atoms with Crippen molar-refractivity contribution in [3.05, 3.63) is 21.6 Å². The van der Waals surface area contributed by atoms with Gasteiger partial charge in [-0.3, -0.25) is 9.59 Å². The van der Waals surface area contributed by atoms with Gasteiger partial charge < -0.3 is 25.0 Å². The predicted octanol–water partition coefficient (Wildman–Crippen LogP) is 0.100. The first-order valence-electron chi connectivity index (χ1n) is 9.27. The molecule has 0 unspecified atom stereocenters. The fourth-order valence-electron chi connectivity index (χ4n) is 3.50. The second kappa shape index (κ2) is 8.78. The SMILES string of the molecule is C[C@H](O)C(=O)N1CCC(NC(=O)O[C@@H]2CCN(c3cn[nH]c(=O)c3Cl)C2)CC1. The number of nitrogens with one attached hydrogen (secondary N) is 2. The van der Waals surface area contributed by atoms with Gasteiger partial charge in [0.15, 0.2) is 0 Å². The number of aromatic amines is 1. The largest absolute Gasteiger partial charge is 0.444 e. The highest BCUT2D eigenvalue weighted by atomic mass is 35.5. The van der Waals surface area contributed by atoms with E-state index >= 15 is 0 Å². The maximum absolute atomic E-state index is 12.2. The molecule has 3 rings (SSSR count). The third-order valence-electron chi connectivity index (χ3n) is 5.02. The molecule has 3 N–H and O–H groups in total. The molecule has 3 heterocycles. The maximum Gasteiger partial charge on any atom is 0.407 e. The Kier molecular flexibility index (Phi) is 6.40. The molecule has 28 heavy (non-hydrogen) atoms. The monoisotopic (exact) mass is 413 g/mol. The molecule has 0 aliphatic carbocycles. The Balaban J connectivity index is 1.44. The summed E-state index contributed by atoms with van der Waals surface area (Å²) in [6.07, 6.45) is 1.50. The molecule has 1 aromatic rings. The average Bonchev–Trinajstić information content (AvgIpc) is 3.12. The number of rotatable bonds is 4. The Morgan fingerprint density at radius 2 is 2.07 bits per heavy atom. The van der Waals surface area contributed by atoms with Crippen LogP contribution in [0.4, 0.5) is 10.5 Å². The number of carbonyl (C=O) groups is 2. The summed E-state index contributed by atoms with van der Waals surface area (Å²) in [4.78, 5) is 39.0. The molecule has 0 spiro atoms. The molecule has 0 saturated carbocycles. The van der Waals surface area contributed by atoms with Crippen molar-refractivity contribution in [3.8, 4) is 0 Å². The van der Waals surface area contributed by atoms with Gasteiger partial charge in [-0.1, -0.05) is 11.6 Å². The van der Waals surface area contributed by atoms with Crippen molar-refractivity contribution in [2.75, 3.05) is 31.1 Å². The molecule has 2 aliphatic rings. The van der Waals surface area contributed by atoms with Crippen molar-refractivity contribution >= 4 is 29.3 Å². The van der Waals surface area contributed by atoms with E-state index in [4.69, 9.17) is 16.3 Å². The summed E-state index contributed by atoms with van der Waals surface area (Å²) in [6.45, 7) is 3.45. The predicted molar refractivity (Wildman–Crippen MR) is 101 cm³/mol. The number of alkyl carbamates (subject to hydrolysis) is 1. The van der Waals surface area contributed by atoms with Crippen molar-refractivity contribution in [2.45, 2.75) is 44.4 Å². The van der Waals surface area contributed by atoms with Crippen LogP contribution in [0, 0.1) is 0 Å². The Labute approximate surface area is 166 Å². The summed E-state index contributed by atoms with van der Waals surface area (Å²) >= 11 is 6.02. The van der Waals surface area contributed by atoms with Gasteiger partial charge in [0.1, 0.15) is 17.2 Å². The van der Waals surface area contributed by atoms with Crippen LogP contribution in [-0.4, -0.2) is 76.6 Å². The summed E-state index contributed by atoms with van der Waals surface area (Å²) in [5, 5.41) is 18.3. The zero-order chi connectivity index (χ0) is 20.3. The Morgan fingerprint density at radius 3 is 2.75 bits per heavy atom. The molecule has 154 valence electrons. The van der Waals surface area contributed by atoms with E-state index in [1.807, 2.05) is 4.90 Å². The highest BCUT2D eigenvalue weighted by Crippen LogP contribution is 2.25. The van der Waals surface area contributed by atoms with E-state index in [2.05, 4.69) is 15.5 Å². The molecule has 10 nitrogen and oxygen atoms in total. The van der Waals surface area contributed by atoms with Gasteiger partial charge in [0.2, 0.25) is 0 Å². The number of H-pyrrole nitrogens is 1. The van der Waals surface area contributed by atoms with Gasteiger partial charge in [-0.05, 0) is 19.8 Å². The van der Waals surface area contributed by atoms with Crippen LogP contribution in [0.5, 0.6) is 0 Å². The summed E-state index contributed by atoms with van der Waals surface area (Å²) in [5.41, 5.74) is 0.0637. The van der Waals surface area contributed by atoms with Gasteiger partial charge in [0, 0.05) is 32.1 Å².